The summed E-state index contributed by atoms with van der Waals surface area (Å²) in [4.78, 5) is 0. The lowest BCUT2D eigenvalue weighted by molar-refractivity contribution is -0.0653. The molecule has 1 saturated carbocycles. The van der Waals surface area contributed by atoms with E-state index in [0.29, 0.717) is 18.3 Å². The molecule has 1 aliphatic carbocycles. The minimum atomic E-state index is -0.681. The Morgan fingerprint density at radius 3 is 2.74 bits per heavy atom. The molecule has 0 bridgehead atoms. The van der Waals surface area contributed by atoms with E-state index in [0.717, 1.165) is 29.3 Å². The molecular formula is C16H22BrFO. The van der Waals surface area contributed by atoms with Gasteiger partial charge in [-0.15, -0.1) is 0 Å². The van der Waals surface area contributed by atoms with Crippen LogP contribution in [0.4, 0.5) is 4.39 Å². The summed E-state index contributed by atoms with van der Waals surface area (Å²) in [6.45, 7) is 4.34. The van der Waals surface area contributed by atoms with Crippen molar-refractivity contribution in [3.63, 3.8) is 0 Å². The van der Waals surface area contributed by atoms with Crippen LogP contribution in [0, 0.1) is 17.7 Å². The molecule has 1 aliphatic rings. The van der Waals surface area contributed by atoms with Gasteiger partial charge in [0.15, 0.2) is 0 Å². The van der Waals surface area contributed by atoms with Gasteiger partial charge in [-0.3, -0.25) is 0 Å². The van der Waals surface area contributed by atoms with Gasteiger partial charge >= 0.3 is 0 Å². The topological polar surface area (TPSA) is 20.2 Å². The molecule has 0 aromatic heterocycles. The van der Waals surface area contributed by atoms with Crippen LogP contribution in [0.2, 0.25) is 0 Å². The van der Waals surface area contributed by atoms with Crippen molar-refractivity contribution >= 4 is 15.9 Å². The molecule has 2 atom stereocenters. The van der Waals surface area contributed by atoms with E-state index in [9.17, 15) is 9.50 Å². The zero-order chi connectivity index (χ0) is 14.0. The number of rotatable bonds is 3. The maximum absolute atomic E-state index is 13.5. The second kappa shape index (κ2) is 5.92. The summed E-state index contributed by atoms with van der Waals surface area (Å²) in [6, 6.07) is 4.90. The van der Waals surface area contributed by atoms with Crippen molar-refractivity contribution in [1.82, 2.24) is 0 Å². The fourth-order valence-corrected chi connectivity index (χ4v) is 4.00. The minimum absolute atomic E-state index is 0.245. The van der Waals surface area contributed by atoms with Crippen molar-refractivity contribution in [3.8, 4) is 0 Å². The fourth-order valence-electron chi connectivity index (χ4n) is 3.49. The molecule has 0 saturated heterocycles. The van der Waals surface area contributed by atoms with Crippen LogP contribution in [0.3, 0.4) is 0 Å². The summed E-state index contributed by atoms with van der Waals surface area (Å²) >= 11 is 3.32. The molecule has 0 radical (unpaired) electrons. The molecule has 0 amide bonds. The van der Waals surface area contributed by atoms with Crippen LogP contribution >= 0.6 is 15.9 Å². The summed E-state index contributed by atoms with van der Waals surface area (Å²) in [5, 5.41) is 11.0. The highest BCUT2D eigenvalue weighted by molar-refractivity contribution is 9.10. The van der Waals surface area contributed by atoms with Crippen molar-refractivity contribution in [2.24, 2.45) is 11.8 Å². The monoisotopic (exact) mass is 328 g/mol. The largest absolute Gasteiger partial charge is 0.389 e. The summed E-state index contributed by atoms with van der Waals surface area (Å²) in [5.74, 6) is 0.524. The Morgan fingerprint density at radius 1 is 1.37 bits per heavy atom. The normalized spacial score (nSPS) is 27.8. The maximum Gasteiger partial charge on any atom is 0.124 e. The van der Waals surface area contributed by atoms with Gasteiger partial charge in [0.1, 0.15) is 5.82 Å². The Labute approximate surface area is 123 Å². The van der Waals surface area contributed by atoms with Gasteiger partial charge in [-0.05, 0) is 48.4 Å². The van der Waals surface area contributed by atoms with E-state index in [2.05, 4.69) is 29.8 Å². The van der Waals surface area contributed by atoms with E-state index in [1.807, 2.05) is 6.07 Å². The average Bonchev–Trinajstić information content (AvgIpc) is 2.26. The molecule has 1 fully saturated rings. The molecular weight excluding hydrogens is 307 g/mol. The Bertz CT molecular complexity index is 426. The molecule has 1 aromatic carbocycles. The van der Waals surface area contributed by atoms with Crippen molar-refractivity contribution in [1.29, 1.82) is 0 Å². The van der Waals surface area contributed by atoms with Gasteiger partial charge < -0.3 is 5.11 Å². The average molecular weight is 329 g/mol. The van der Waals surface area contributed by atoms with Crippen LogP contribution < -0.4 is 0 Å². The van der Waals surface area contributed by atoms with Gasteiger partial charge in [-0.1, -0.05) is 42.6 Å². The lowest BCUT2D eigenvalue weighted by Gasteiger charge is -2.42. The maximum atomic E-state index is 13.5. The van der Waals surface area contributed by atoms with E-state index in [1.165, 1.54) is 18.6 Å². The second-order valence-electron chi connectivity index (χ2n) is 6.15. The lowest BCUT2D eigenvalue weighted by atomic mass is 9.68. The van der Waals surface area contributed by atoms with Crippen LogP contribution in [0.1, 0.15) is 45.1 Å². The molecule has 1 aromatic rings. The second-order valence-corrected chi connectivity index (χ2v) is 7.07. The smallest absolute Gasteiger partial charge is 0.124 e. The van der Waals surface area contributed by atoms with Gasteiger partial charge in [-0.25, -0.2) is 4.39 Å². The lowest BCUT2D eigenvalue weighted by Crippen LogP contribution is -2.45. The van der Waals surface area contributed by atoms with E-state index in [4.69, 9.17) is 0 Å². The third kappa shape index (κ3) is 3.57. The Kier molecular flexibility index (Phi) is 4.67. The predicted molar refractivity (Wildman–Crippen MR) is 79.5 cm³/mol. The van der Waals surface area contributed by atoms with Gasteiger partial charge in [0.05, 0.1) is 5.60 Å². The molecule has 0 spiro atoms. The van der Waals surface area contributed by atoms with Crippen LogP contribution in [0.15, 0.2) is 22.7 Å². The molecule has 0 heterocycles. The summed E-state index contributed by atoms with van der Waals surface area (Å²) in [7, 11) is 0. The van der Waals surface area contributed by atoms with E-state index in [1.54, 1.807) is 0 Å². The zero-order valence-corrected chi connectivity index (χ0v) is 13.2. The first-order chi connectivity index (χ1) is 8.90. The Hall–Kier alpha value is -0.410. The number of aliphatic hydroxyl groups is 1. The third-order valence-electron chi connectivity index (χ3n) is 4.30. The zero-order valence-electron chi connectivity index (χ0n) is 11.6. The molecule has 1 nitrogen and oxygen atoms in total. The standard InChI is InChI=1S/C16H22BrFO/c1-11(2)15-5-3-4-6-16(15,19)10-12-7-13(17)9-14(18)8-12/h7-9,11,15,19H,3-6,10H2,1-2H3. The fraction of sp³-hybridized carbons (Fsp3) is 0.625. The number of benzene rings is 1. The van der Waals surface area contributed by atoms with Crippen LogP contribution in [-0.2, 0) is 6.42 Å². The van der Waals surface area contributed by atoms with Gasteiger partial charge in [0.2, 0.25) is 0 Å². The Balaban J connectivity index is 2.23. The quantitative estimate of drug-likeness (QED) is 0.852. The first-order valence-corrected chi connectivity index (χ1v) is 7.87. The molecule has 19 heavy (non-hydrogen) atoms. The highest BCUT2D eigenvalue weighted by atomic mass is 79.9. The summed E-state index contributed by atoms with van der Waals surface area (Å²) < 4.78 is 14.2. The molecule has 106 valence electrons. The molecule has 0 aliphatic heterocycles. The molecule has 1 N–H and O–H groups in total. The third-order valence-corrected chi connectivity index (χ3v) is 4.76. The van der Waals surface area contributed by atoms with Crippen molar-refractivity contribution in [2.75, 3.05) is 0 Å². The van der Waals surface area contributed by atoms with E-state index < -0.39 is 5.60 Å². The SMILES string of the molecule is CC(C)C1CCCCC1(O)Cc1cc(F)cc(Br)c1. The van der Waals surface area contributed by atoms with Crippen LogP contribution in [-0.4, -0.2) is 10.7 Å². The Morgan fingerprint density at radius 2 is 2.11 bits per heavy atom. The molecule has 3 heteroatoms. The summed E-state index contributed by atoms with van der Waals surface area (Å²) in [6.07, 6.45) is 4.70. The number of hydrogen-bond donors (Lipinski definition) is 1. The number of hydrogen-bond acceptors (Lipinski definition) is 1. The van der Waals surface area contributed by atoms with Crippen molar-refractivity contribution in [2.45, 2.75) is 51.6 Å². The molecule has 2 rings (SSSR count). The highest BCUT2D eigenvalue weighted by Gasteiger charge is 2.40. The number of halogens is 2. The van der Waals surface area contributed by atoms with Gasteiger partial charge in [0.25, 0.3) is 0 Å². The van der Waals surface area contributed by atoms with Crippen LogP contribution in [0.5, 0.6) is 0 Å². The first-order valence-electron chi connectivity index (χ1n) is 7.08. The first kappa shape index (κ1) is 15.0. The van der Waals surface area contributed by atoms with Crippen molar-refractivity contribution in [3.05, 3.63) is 34.1 Å². The summed E-state index contributed by atoms with van der Waals surface area (Å²) in [5.41, 5.74) is 0.196. The van der Waals surface area contributed by atoms with Gasteiger partial charge in [0, 0.05) is 10.9 Å². The predicted octanol–water partition coefficient (Wildman–Crippen LogP) is 4.71. The van der Waals surface area contributed by atoms with E-state index in [-0.39, 0.29) is 5.82 Å². The van der Waals surface area contributed by atoms with Gasteiger partial charge in [-0.2, -0.15) is 0 Å². The van der Waals surface area contributed by atoms with Crippen molar-refractivity contribution < 1.29 is 9.50 Å². The minimum Gasteiger partial charge on any atom is -0.389 e. The van der Waals surface area contributed by atoms with Crippen LogP contribution in [0.25, 0.3) is 0 Å². The highest BCUT2D eigenvalue weighted by Crippen LogP contribution is 2.40. The van der Waals surface area contributed by atoms with E-state index >= 15 is 0 Å². The molecule has 2 unspecified atom stereocenters.